The summed E-state index contributed by atoms with van der Waals surface area (Å²) in [5.41, 5.74) is -2.65. The smallest absolute Gasteiger partial charge is 0.431 e. The van der Waals surface area contributed by atoms with Gasteiger partial charge in [-0.3, -0.25) is 9.59 Å². The molecule has 0 aliphatic heterocycles. The maximum absolute atomic E-state index is 13.0. The summed E-state index contributed by atoms with van der Waals surface area (Å²) >= 11 is 11.7. The van der Waals surface area contributed by atoms with Crippen LogP contribution in [0.2, 0.25) is 10.0 Å². The SMILES string of the molecule is Cn1c(C(F)(F)F)cc(C(=O)NCCc2ccc(Cl)c(Cl)c2)c(O)c1=O. The lowest BCUT2D eigenvalue weighted by Crippen LogP contribution is -2.31. The van der Waals surface area contributed by atoms with Crippen molar-refractivity contribution in [3.63, 3.8) is 0 Å². The van der Waals surface area contributed by atoms with E-state index in [0.717, 1.165) is 12.6 Å². The number of aromatic nitrogens is 1. The number of nitrogens with one attached hydrogen (secondary N) is 1. The Morgan fingerprint density at radius 2 is 1.88 bits per heavy atom. The molecule has 0 bridgehead atoms. The molecule has 2 N–H and O–H groups in total. The number of halogens is 5. The maximum Gasteiger partial charge on any atom is 0.431 e. The van der Waals surface area contributed by atoms with E-state index in [4.69, 9.17) is 23.2 Å². The first-order valence-electron chi connectivity index (χ1n) is 7.24. The number of hydrogen-bond acceptors (Lipinski definition) is 3. The zero-order valence-corrected chi connectivity index (χ0v) is 14.8. The number of carbonyl (C=O) groups excluding carboxylic acids is 1. The highest BCUT2D eigenvalue weighted by molar-refractivity contribution is 6.42. The van der Waals surface area contributed by atoms with Crippen molar-refractivity contribution < 1.29 is 23.1 Å². The summed E-state index contributed by atoms with van der Waals surface area (Å²) in [5.74, 6) is -2.04. The summed E-state index contributed by atoms with van der Waals surface area (Å²) in [5, 5.41) is 12.8. The predicted molar refractivity (Wildman–Crippen MR) is 90.8 cm³/mol. The van der Waals surface area contributed by atoms with Crippen molar-refractivity contribution in [3.8, 4) is 5.75 Å². The summed E-state index contributed by atoms with van der Waals surface area (Å²) in [6.45, 7) is 0.0484. The van der Waals surface area contributed by atoms with E-state index in [-0.39, 0.29) is 11.1 Å². The molecule has 5 nitrogen and oxygen atoms in total. The fourth-order valence-corrected chi connectivity index (χ4v) is 2.56. The molecule has 0 saturated heterocycles. The molecule has 0 aliphatic carbocycles. The molecule has 0 fully saturated rings. The molecule has 26 heavy (non-hydrogen) atoms. The Morgan fingerprint density at radius 1 is 1.23 bits per heavy atom. The van der Waals surface area contributed by atoms with Crippen LogP contribution in [0, 0.1) is 0 Å². The predicted octanol–water partition coefficient (Wildman–Crippen LogP) is 3.39. The van der Waals surface area contributed by atoms with Gasteiger partial charge in [-0.25, -0.2) is 0 Å². The van der Waals surface area contributed by atoms with Crippen LogP contribution < -0.4 is 10.9 Å². The first-order chi connectivity index (χ1) is 12.0. The zero-order valence-electron chi connectivity index (χ0n) is 13.3. The first kappa shape index (κ1) is 20.1. The van der Waals surface area contributed by atoms with Crippen molar-refractivity contribution in [2.45, 2.75) is 12.6 Å². The zero-order chi connectivity index (χ0) is 19.6. The van der Waals surface area contributed by atoms with Gasteiger partial charge in [0.05, 0.1) is 15.6 Å². The average molecular weight is 409 g/mol. The molecule has 1 amide bonds. The van der Waals surface area contributed by atoms with Crippen molar-refractivity contribution in [2.24, 2.45) is 7.05 Å². The molecular formula is C16H13Cl2F3N2O3. The van der Waals surface area contributed by atoms with Crippen LogP contribution in [0.5, 0.6) is 5.75 Å². The number of aromatic hydroxyl groups is 1. The van der Waals surface area contributed by atoms with Gasteiger partial charge < -0.3 is 15.0 Å². The molecule has 0 radical (unpaired) electrons. The molecule has 1 aromatic heterocycles. The second kappa shape index (κ2) is 7.59. The summed E-state index contributed by atoms with van der Waals surface area (Å²) in [4.78, 5) is 23.8. The molecule has 0 spiro atoms. The topological polar surface area (TPSA) is 71.3 Å². The van der Waals surface area contributed by atoms with Gasteiger partial charge in [0.2, 0.25) is 0 Å². The highest BCUT2D eigenvalue weighted by atomic mass is 35.5. The highest BCUT2D eigenvalue weighted by Crippen LogP contribution is 2.30. The third-order valence-corrected chi connectivity index (χ3v) is 4.36. The number of alkyl halides is 3. The van der Waals surface area contributed by atoms with E-state index in [9.17, 15) is 27.9 Å². The lowest BCUT2D eigenvalue weighted by atomic mass is 10.1. The maximum atomic E-state index is 13.0. The van der Waals surface area contributed by atoms with Crippen LogP contribution in [0.1, 0.15) is 21.6 Å². The van der Waals surface area contributed by atoms with Crippen LogP contribution in [0.25, 0.3) is 0 Å². The van der Waals surface area contributed by atoms with E-state index in [0.29, 0.717) is 22.5 Å². The van der Waals surface area contributed by atoms with Gasteiger partial charge in [-0.05, 0) is 30.2 Å². The van der Waals surface area contributed by atoms with Crippen LogP contribution in [0.4, 0.5) is 13.2 Å². The van der Waals surface area contributed by atoms with Crippen LogP contribution in [0.3, 0.4) is 0 Å². The average Bonchev–Trinajstić information content (AvgIpc) is 2.54. The first-order valence-corrected chi connectivity index (χ1v) is 8.00. The summed E-state index contributed by atoms with van der Waals surface area (Å²) < 4.78 is 39.1. The van der Waals surface area contributed by atoms with E-state index < -0.39 is 34.6 Å². The van der Waals surface area contributed by atoms with Crippen molar-refractivity contribution >= 4 is 29.1 Å². The second-order valence-corrected chi connectivity index (χ2v) is 6.22. The molecule has 1 aromatic carbocycles. The van der Waals surface area contributed by atoms with Gasteiger partial charge in [0.1, 0.15) is 5.69 Å². The van der Waals surface area contributed by atoms with Crippen LogP contribution in [-0.4, -0.2) is 22.1 Å². The molecule has 1 heterocycles. The van der Waals surface area contributed by atoms with Gasteiger partial charge in [0.25, 0.3) is 11.5 Å². The minimum absolute atomic E-state index is 0.0484. The van der Waals surface area contributed by atoms with Crippen molar-refractivity contribution in [1.82, 2.24) is 9.88 Å². The fourth-order valence-electron chi connectivity index (χ4n) is 2.24. The van der Waals surface area contributed by atoms with Crippen LogP contribution >= 0.6 is 23.2 Å². The Morgan fingerprint density at radius 3 is 2.46 bits per heavy atom. The summed E-state index contributed by atoms with van der Waals surface area (Å²) in [6, 6.07) is 5.28. The fraction of sp³-hybridized carbons (Fsp3) is 0.250. The standard InChI is InChI=1S/C16H13Cl2F3N2O3/c1-23-12(16(19,20)21)7-9(13(24)15(23)26)14(25)22-5-4-8-2-3-10(17)11(18)6-8/h2-3,6-7,24H,4-5H2,1H3,(H,22,25). The third kappa shape index (κ3) is 4.31. The number of hydrogen-bond donors (Lipinski definition) is 2. The van der Waals surface area contributed by atoms with Gasteiger partial charge in [0, 0.05) is 13.6 Å². The second-order valence-electron chi connectivity index (χ2n) is 5.41. The minimum Gasteiger partial charge on any atom is -0.502 e. The lowest BCUT2D eigenvalue weighted by Gasteiger charge is -2.14. The number of pyridine rings is 1. The largest absolute Gasteiger partial charge is 0.502 e. The van der Waals surface area contributed by atoms with E-state index in [2.05, 4.69) is 5.32 Å². The van der Waals surface area contributed by atoms with Gasteiger partial charge >= 0.3 is 6.18 Å². The lowest BCUT2D eigenvalue weighted by molar-refractivity contribution is -0.143. The van der Waals surface area contributed by atoms with Gasteiger partial charge in [-0.15, -0.1) is 0 Å². The molecule has 0 aliphatic rings. The molecule has 0 saturated carbocycles. The monoisotopic (exact) mass is 408 g/mol. The third-order valence-electron chi connectivity index (χ3n) is 3.62. The molecular weight excluding hydrogens is 396 g/mol. The van der Waals surface area contributed by atoms with Crippen molar-refractivity contribution in [3.05, 3.63) is 61.5 Å². The Labute approximate surface area is 156 Å². The minimum atomic E-state index is -4.85. The molecule has 2 rings (SSSR count). The molecule has 0 unspecified atom stereocenters. The van der Waals surface area contributed by atoms with E-state index >= 15 is 0 Å². The summed E-state index contributed by atoms with van der Waals surface area (Å²) in [6.07, 6.45) is -4.53. The van der Waals surface area contributed by atoms with Gasteiger partial charge in [0.15, 0.2) is 5.75 Å². The number of carbonyl (C=O) groups is 1. The molecule has 0 atom stereocenters. The Bertz CT molecular complexity index is 911. The Balaban J connectivity index is 2.18. The Hall–Kier alpha value is -2.19. The number of amides is 1. The number of nitrogens with zero attached hydrogens (tertiary/aromatic N) is 1. The molecule has 140 valence electrons. The number of benzene rings is 1. The van der Waals surface area contributed by atoms with E-state index in [1.165, 1.54) is 0 Å². The molecule has 2 aromatic rings. The van der Waals surface area contributed by atoms with Gasteiger partial charge in [-0.1, -0.05) is 29.3 Å². The summed E-state index contributed by atoms with van der Waals surface area (Å²) in [7, 11) is 0.858. The van der Waals surface area contributed by atoms with Crippen LogP contribution in [0.15, 0.2) is 29.1 Å². The van der Waals surface area contributed by atoms with Crippen LogP contribution in [-0.2, 0) is 19.6 Å². The van der Waals surface area contributed by atoms with E-state index in [1.54, 1.807) is 18.2 Å². The Kier molecular flexibility index (Phi) is 5.87. The highest BCUT2D eigenvalue weighted by Gasteiger charge is 2.36. The molecule has 10 heteroatoms. The number of rotatable bonds is 4. The van der Waals surface area contributed by atoms with Gasteiger partial charge in [-0.2, -0.15) is 13.2 Å². The quantitative estimate of drug-likeness (QED) is 0.814. The van der Waals surface area contributed by atoms with E-state index in [1.807, 2.05) is 0 Å². The normalized spacial score (nSPS) is 11.5. The van der Waals surface area contributed by atoms with Crippen molar-refractivity contribution in [2.75, 3.05) is 6.54 Å². The van der Waals surface area contributed by atoms with Crippen molar-refractivity contribution in [1.29, 1.82) is 0 Å².